The number of nitrogens with zero attached hydrogens (tertiary/aromatic N) is 4. The molecule has 4 heterocycles. The molecule has 0 spiro atoms. The largest absolute Gasteiger partial charge is 2.00 e. The SMILES string of the molecule is CC(C)(C)c1ccncc1.CC(C)(C)c1ccncc1.CC(C)(C)c1ccncc1.CC(C)(C)c1ccncc1.[Cl-].[Cl-].[Cl-].[Cl-].[Mo+2].[Mo+2]. The van der Waals surface area contributed by atoms with Crippen molar-refractivity contribution in [2.24, 2.45) is 0 Å². The maximum atomic E-state index is 3.96. The van der Waals surface area contributed by atoms with Crippen LogP contribution >= 0.6 is 0 Å². The van der Waals surface area contributed by atoms with Crippen LogP contribution in [-0.2, 0) is 63.8 Å². The van der Waals surface area contributed by atoms with E-state index < -0.39 is 0 Å². The van der Waals surface area contributed by atoms with Crippen LogP contribution in [0.2, 0.25) is 0 Å². The molecule has 0 aliphatic carbocycles. The van der Waals surface area contributed by atoms with Crippen LogP contribution in [0.5, 0.6) is 0 Å². The van der Waals surface area contributed by atoms with E-state index in [4.69, 9.17) is 0 Å². The summed E-state index contributed by atoms with van der Waals surface area (Å²) < 4.78 is 0. The minimum Gasteiger partial charge on any atom is -1.00 e. The third-order valence-electron chi connectivity index (χ3n) is 6.19. The minimum atomic E-state index is 0. The second-order valence-electron chi connectivity index (χ2n) is 13.9. The molecule has 0 bridgehead atoms. The fourth-order valence-corrected chi connectivity index (χ4v) is 3.41. The summed E-state index contributed by atoms with van der Waals surface area (Å²) in [5.41, 5.74) is 6.35. The first-order valence-electron chi connectivity index (χ1n) is 14.0. The first-order chi connectivity index (χ1) is 18.4. The smallest absolute Gasteiger partial charge is 1.00 e. The second-order valence-corrected chi connectivity index (χ2v) is 13.9. The van der Waals surface area contributed by atoms with Crippen LogP contribution in [0, 0.1) is 0 Å². The van der Waals surface area contributed by atoms with Gasteiger partial charge in [-0.1, -0.05) is 83.1 Å². The Bertz CT molecular complexity index is 1010. The molecule has 0 fully saturated rings. The van der Waals surface area contributed by atoms with Gasteiger partial charge in [-0.05, 0) is 92.4 Å². The molecule has 4 aromatic heterocycles. The summed E-state index contributed by atoms with van der Waals surface area (Å²) in [5.74, 6) is 0. The zero-order valence-electron chi connectivity index (χ0n) is 29.4. The van der Waals surface area contributed by atoms with E-state index in [2.05, 4.69) is 152 Å². The van der Waals surface area contributed by atoms with E-state index in [9.17, 15) is 0 Å². The normalized spacial score (nSPS) is 10.0. The van der Waals surface area contributed by atoms with E-state index >= 15 is 0 Å². The van der Waals surface area contributed by atoms with Gasteiger partial charge in [0.05, 0.1) is 0 Å². The Morgan fingerprint density at radius 2 is 0.391 bits per heavy atom. The minimum absolute atomic E-state index is 0. The molecule has 0 N–H and O–H groups in total. The van der Waals surface area contributed by atoms with E-state index in [0.717, 1.165) is 0 Å². The molecule has 10 heteroatoms. The molecule has 4 aromatic rings. The van der Waals surface area contributed by atoms with Gasteiger partial charge in [-0.15, -0.1) is 0 Å². The molecule has 4 nitrogen and oxygen atoms in total. The Morgan fingerprint density at radius 1 is 0.283 bits per heavy atom. The molecule has 4 rings (SSSR count). The molecule has 0 radical (unpaired) electrons. The van der Waals surface area contributed by atoms with Gasteiger partial charge in [0.1, 0.15) is 0 Å². The van der Waals surface area contributed by atoms with Crippen LogP contribution in [0.3, 0.4) is 0 Å². The van der Waals surface area contributed by atoms with Crippen LogP contribution in [0.25, 0.3) is 0 Å². The van der Waals surface area contributed by atoms with Crippen molar-refractivity contribution in [1.29, 1.82) is 0 Å². The van der Waals surface area contributed by atoms with Gasteiger partial charge in [-0.25, -0.2) is 0 Å². The van der Waals surface area contributed by atoms with Crippen molar-refractivity contribution in [3.8, 4) is 0 Å². The Labute approximate surface area is 334 Å². The molecule has 256 valence electrons. The monoisotopic (exact) mass is 876 g/mol. The second kappa shape index (κ2) is 27.0. The number of hydrogen-bond donors (Lipinski definition) is 0. The molecule has 0 unspecified atom stereocenters. The molecule has 0 amide bonds. The molecule has 46 heavy (non-hydrogen) atoms. The van der Waals surface area contributed by atoms with Crippen molar-refractivity contribution in [2.45, 2.75) is 105 Å². The third-order valence-corrected chi connectivity index (χ3v) is 6.19. The molecule has 0 aromatic carbocycles. The zero-order valence-corrected chi connectivity index (χ0v) is 36.4. The predicted molar refractivity (Wildman–Crippen MR) is 172 cm³/mol. The molecular weight excluding hydrogens is 822 g/mol. The first kappa shape index (κ1) is 57.4. The summed E-state index contributed by atoms with van der Waals surface area (Å²) >= 11 is 0. The fourth-order valence-electron chi connectivity index (χ4n) is 3.41. The Hall–Kier alpha value is -0.863. The summed E-state index contributed by atoms with van der Waals surface area (Å²) in [5, 5.41) is 0. The van der Waals surface area contributed by atoms with Crippen molar-refractivity contribution in [3.05, 3.63) is 120 Å². The van der Waals surface area contributed by atoms with Crippen molar-refractivity contribution in [3.63, 3.8) is 0 Å². The number of aromatic nitrogens is 4. The first-order valence-corrected chi connectivity index (χ1v) is 14.0. The van der Waals surface area contributed by atoms with E-state index in [1.807, 2.05) is 49.6 Å². The molecule has 0 saturated heterocycles. The van der Waals surface area contributed by atoms with Crippen LogP contribution in [-0.4, -0.2) is 19.9 Å². The average molecular weight is 875 g/mol. The fraction of sp³-hybridized carbons (Fsp3) is 0.444. The zero-order chi connectivity index (χ0) is 30.5. The van der Waals surface area contributed by atoms with E-state index in [1.165, 1.54) is 22.3 Å². The summed E-state index contributed by atoms with van der Waals surface area (Å²) in [6.07, 6.45) is 14.7. The van der Waals surface area contributed by atoms with Crippen LogP contribution in [0.15, 0.2) is 98.1 Å². The molecule has 0 aliphatic heterocycles. The Kier molecular flexibility index (Phi) is 33.7. The van der Waals surface area contributed by atoms with Gasteiger partial charge >= 0.3 is 42.1 Å². The Balaban J connectivity index is -0.000000111. The number of pyridine rings is 4. The van der Waals surface area contributed by atoms with Gasteiger partial charge in [0.25, 0.3) is 0 Å². The summed E-state index contributed by atoms with van der Waals surface area (Å²) in [6.45, 7) is 26.4. The van der Waals surface area contributed by atoms with Crippen LogP contribution in [0.4, 0.5) is 0 Å². The van der Waals surface area contributed by atoms with E-state index in [0.29, 0.717) is 0 Å². The van der Waals surface area contributed by atoms with Gasteiger partial charge in [0.2, 0.25) is 0 Å². The average Bonchev–Trinajstić information content (AvgIpc) is 2.90. The number of halogens is 4. The van der Waals surface area contributed by atoms with Gasteiger partial charge in [-0.2, -0.15) is 0 Å². The third kappa shape index (κ3) is 25.2. The summed E-state index contributed by atoms with van der Waals surface area (Å²) in [4.78, 5) is 15.8. The molecular formula is C36H52Cl4Mo2N4. The Morgan fingerprint density at radius 3 is 0.457 bits per heavy atom. The van der Waals surface area contributed by atoms with Gasteiger partial charge in [-0.3, -0.25) is 19.9 Å². The van der Waals surface area contributed by atoms with Gasteiger partial charge < -0.3 is 49.6 Å². The quantitative estimate of drug-likeness (QED) is 0.184. The predicted octanol–water partition coefficient (Wildman–Crippen LogP) is -2.47. The number of hydrogen-bond acceptors (Lipinski definition) is 4. The van der Waals surface area contributed by atoms with Crippen molar-refractivity contribution in [2.75, 3.05) is 0 Å². The summed E-state index contributed by atoms with van der Waals surface area (Å²) in [7, 11) is 0. The topological polar surface area (TPSA) is 51.6 Å². The van der Waals surface area contributed by atoms with E-state index in [1.54, 1.807) is 0 Å². The van der Waals surface area contributed by atoms with Gasteiger partial charge in [0, 0.05) is 49.6 Å². The van der Waals surface area contributed by atoms with Crippen molar-refractivity contribution in [1.82, 2.24) is 19.9 Å². The molecule has 0 saturated carbocycles. The van der Waals surface area contributed by atoms with E-state index in [-0.39, 0.29) is 113 Å². The van der Waals surface area contributed by atoms with Crippen molar-refractivity contribution < 1.29 is 91.8 Å². The summed E-state index contributed by atoms with van der Waals surface area (Å²) in [6, 6.07) is 16.4. The maximum Gasteiger partial charge on any atom is 2.00 e. The van der Waals surface area contributed by atoms with Gasteiger partial charge in [0.15, 0.2) is 0 Å². The molecule has 0 aliphatic rings. The van der Waals surface area contributed by atoms with Crippen LogP contribution in [0.1, 0.15) is 105 Å². The number of rotatable bonds is 0. The molecule has 0 atom stereocenters. The standard InChI is InChI=1S/4C9H13N.4ClH.2Mo/c4*1-9(2,3)8-4-6-10-7-5-8;;;;;;/h4*4-7H,1-3H3;4*1H;;/q;;;;;;;;2*+2/p-4. The van der Waals surface area contributed by atoms with Crippen LogP contribution < -0.4 is 49.6 Å². The van der Waals surface area contributed by atoms with Crippen molar-refractivity contribution >= 4 is 0 Å². The maximum absolute atomic E-state index is 3.96.